The fourth-order valence-electron chi connectivity index (χ4n) is 3.72. The number of amides is 1. The molecule has 10 heteroatoms. The zero-order chi connectivity index (χ0) is 25.2. The fourth-order valence-corrected chi connectivity index (χ4v) is 5.04. The minimum atomic E-state index is -3.77. The van der Waals surface area contributed by atoms with Crippen molar-refractivity contribution < 1.29 is 27.5 Å². The molecule has 1 aliphatic heterocycles. The summed E-state index contributed by atoms with van der Waals surface area (Å²) >= 11 is 5.86. The first kappa shape index (κ1) is 24.6. The van der Waals surface area contributed by atoms with E-state index in [1.54, 1.807) is 48.5 Å². The van der Waals surface area contributed by atoms with E-state index >= 15 is 0 Å². The molecular formula is C25H23ClN2O6S. The van der Waals surface area contributed by atoms with Crippen LogP contribution in [-0.4, -0.2) is 47.1 Å². The van der Waals surface area contributed by atoms with E-state index in [1.807, 2.05) is 0 Å². The Morgan fingerprint density at radius 2 is 1.71 bits per heavy atom. The minimum Gasteiger partial charge on any atom is -0.475 e. The number of hydrogen-bond acceptors (Lipinski definition) is 6. The summed E-state index contributed by atoms with van der Waals surface area (Å²) in [5, 5.41) is 0.446. The zero-order valence-corrected chi connectivity index (χ0v) is 20.6. The highest BCUT2D eigenvalue weighted by molar-refractivity contribution is 7.92. The first-order valence-corrected chi connectivity index (χ1v) is 12.5. The molecule has 0 bridgehead atoms. The number of methoxy groups -OCH3 is 1. The molecule has 1 atom stereocenters. The van der Waals surface area contributed by atoms with Gasteiger partial charge in [-0.25, -0.2) is 13.2 Å². The maximum atomic E-state index is 13.2. The van der Waals surface area contributed by atoms with E-state index in [1.165, 1.54) is 47.6 Å². The lowest BCUT2D eigenvalue weighted by Crippen LogP contribution is -2.48. The van der Waals surface area contributed by atoms with E-state index in [-0.39, 0.29) is 23.8 Å². The zero-order valence-electron chi connectivity index (χ0n) is 19.0. The number of hydrogen-bond donors (Lipinski definition) is 0. The summed E-state index contributed by atoms with van der Waals surface area (Å²) in [4.78, 5) is 26.9. The Morgan fingerprint density at radius 3 is 2.37 bits per heavy atom. The molecule has 1 unspecified atom stereocenters. The number of halogens is 1. The summed E-state index contributed by atoms with van der Waals surface area (Å²) in [7, 11) is -1.04. The van der Waals surface area contributed by atoms with Gasteiger partial charge in [0.2, 0.25) is 12.0 Å². The topological polar surface area (TPSA) is 93.2 Å². The van der Waals surface area contributed by atoms with E-state index in [0.717, 1.165) is 0 Å². The van der Waals surface area contributed by atoms with Crippen LogP contribution in [0.4, 0.5) is 11.4 Å². The maximum absolute atomic E-state index is 13.2. The van der Waals surface area contributed by atoms with Crippen molar-refractivity contribution in [2.75, 3.05) is 29.9 Å². The van der Waals surface area contributed by atoms with Crippen LogP contribution in [0.5, 0.6) is 5.75 Å². The fraction of sp³-hybridized carbons (Fsp3) is 0.200. The predicted molar refractivity (Wildman–Crippen MR) is 132 cm³/mol. The number of para-hydroxylation sites is 2. The van der Waals surface area contributed by atoms with Crippen molar-refractivity contribution in [3.63, 3.8) is 0 Å². The second-order valence-corrected chi connectivity index (χ2v) is 10.3. The van der Waals surface area contributed by atoms with Crippen LogP contribution >= 0.6 is 11.6 Å². The van der Waals surface area contributed by atoms with Gasteiger partial charge < -0.3 is 14.4 Å². The number of esters is 1. The standard InChI is InChI=1S/C25H23ClN2O6S/c1-27(35(31,32)20-13-9-18(26)10-14-20)19-11-7-17(8-12-19)15-24(29)28-16-23(25(30)33-2)34-22-6-4-3-5-21(22)28/h3-14,23H,15-16H2,1-2H3. The number of nitrogens with zero attached hydrogens (tertiary/aromatic N) is 2. The number of fused-ring (bicyclic) bond motifs is 1. The monoisotopic (exact) mass is 514 g/mol. The lowest BCUT2D eigenvalue weighted by Gasteiger charge is -2.33. The molecule has 0 saturated heterocycles. The Balaban J connectivity index is 1.51. The van der Waals surface area contributed by atoms with E-state index in [4.69, 9.17) is 21.1 Å². The molecule has 1 amide bonds. The van der Waals surface area contributed by atoms with Gasteiger partial charge in [0.1, 0.15) is 5.75 Å². The summed E-state index contributed by atoms with van der Waals surface area (Å²) in [5.41, 5.74) is 1.70. The van der Waals surface area contributed by atoms with Gasteiger partial charge in [-0.05, 0) is 54.1 Å². The van der Waals surface area contributed by atoms with Crippen LogP contribution in [0.2, 0.25) is 5.02 Å². The highest BCUT2D eigenvalue weighted by atomic mass is 35.5. The molecular weight excluding hydrogens is 492 g/mol. The summed E-state index contributed by atoms with van der Waals surface area (Å²) in [6, 6.07) is 19.6. The molecule has 3 aromatic rings. The normalized spacial score (nSPS) is 15.1. The number of carbonyl (C=O) groups is 2. The third-order valence-electron chi connectivity index (χ3n) is 5.67. The molecule has 0 aromatic heterocycles. The summed E-state index contributed by atoms with van der Waals surface area (Å²) in [6.07, 6.45) is -0.871. The summed E-state index contributed by atoms with van der Waals surface area (Å²) < 4.78 is 37.5. The van der Waals surface area contributed by atoms with E-state index in [0.29, 0.717) is 27.7 Å². The number of sulfonamides is 1. The van der Waals surface area contributed by atoms with Crippen LogP contribution < -0.4 is 13.9 Å². The van der Waals surface area contributed by atoms with Crippen molar-refractivity contribution >= 4 is 44.9 Å². The maximum Gasteiger partial charge on any atom is 0.348 e. The van der Waals surface area contributed by atoms with Crippen LogP contribution in [0, 0.1) is 0 Å². The van der Waals surface area contributed by atoms with Gasteiger partial charge in [-0.3, -0.25) is 9.10 Å². The van der Waals surface area contributed by atoms with Crippen molar-refractivity contribution in [2.24, 2.45) is 0 Å². The smallest absolute Gasteiger partial charge is 0.348 e. The third-order valence-corrected chi connectivity index (χ3v) is 7.72. The summed E-state index contributed by atoms with van der Waals surface area (Å²) in [5.74, 6) is -0.372. The lowest BCUT2D eigenvalue weighted by molar-refractivity contribution is -0.148. The number of benzene rings is 3. The van der Waals surface area contributed by atoms with Gasteiger partial charge in [0.05, 0.1) is 36.3 Å². The van der Waals surface area contributed by atoms with Crippen LogP contribution in [0.25, 0.3) is 0 Å². The number of rotatable bonds is 6. The van der Waals surface area contributed by atoms with Crippen LogP contribution in [0.3, 0.4) is 0 Å². The van der Waals surface area contributed by atoms with E-state index in [9.17, 15) is 18.0 Å². The first-order valence-electron chi connectivity index (χ1n) is 10.7. The number of carbonyl (C=O) groups excluding carboxylic acids is 2. The van der Waals surface area contributed by atoms with Crippen LogP contribution in [-0.2, 0) is 30.8 Å². The molecule has 0 N–H and O–H groups in total. The molecule has 182 valence electrons. The quantitative estimate of drug-likeness (QED) is 0.466. The lowest BCUT2D eigenvalue weighted by atomic mass is 10.1. The Labute approximate surface area is 208 Å². The average molecular weight is 515 g/mol. The molecule has 35 heavy (non-hydrogen) atoms. The molecule has 1 heterocycles. The summed E-state index contributed by atoms with van der Waals surface area (Å²) in [6.45, 7) is 0.0304. The van der Waals surface area contributed by atoms with Crippen molar-refractivity contribution in [1.82, 2.24) is 0 Å². The van der Waals surface area contributed by atoms with E-state index in [2.05, 4.69) is 0 Å². The van der Waals surface area contributed by atoms with Crippen molar-refractivity contribution in [2.45, 2.75) is 17.4 Å². The molecule has 3 aromatic carbocycles. The predicted octanol–water partition coefficient (Wildman–Crippen LogP) is 3.67. The van der Waals surface area contributed by atoms with Gasteiger partial charge in [0.25, 0.3) is 10.0 Å². The molecule has 8 nitrogen and oxygen atoms in total. The minimum absolute atomic E-state index is 0.0304. The van der Waals surface area contributed by atoms with Crippen molar-refractivity contribution in [3.8, 4) is 5.75 Å². The van der Waals surface area contributed by atoms with Crippen LogP contribution in [0.15, 0.2) is 77.7 Å². The SMILES string of the molecule is COC(=O)C1CN(C(=O)Cc2ccc(N(C)S(=O)(=O)c3ccc(Cl)cc3)cc2)c2ccccc2O1. The van der Waals surface area contributed by atoms with Gasteiger partial charge in [0.15, 0.2) is 0 Å². The Hall–Kier alpha value is -3.56. The Bertz CT molecular complexity index is 1340. The molecule has 0 fully saturated rings. The number of ether oxygens (including phenoxy) is 2. The molecule has 4 rings (SSSR count). The van der Waals surface area contributed by atoms with Crippen LogP contribution in [0.1, 0.15) is 5.56 Å². The highest BCUT2D eigenvalue weighted by Crippen LogP contribution is 2.34. The Morgan fingerprint density at radius 1 is 1.06 bits per heavy atom. The van der Waals surface area contributed by atoms with E-state index < -0.39 is 22.1 Å². The second-order valence-electron chi connectivity index (χ2n) is 7.87. The number of anilines is 2. The molecule has 1 aliphatic rings. The highest BCUT2D eigenvalue weighted by Gasteiger charge is 2.34. The third kappa shape index (κ3) is 5.11. The average Bonchev–Trinajstić information content (AvgIpc) is 2.87. The van der Waals surface area contributed by atoms with Gasteiger partial charge in [-0.15, -0.1) is 0 Å². The first-order chi connectivity index (χ1) is 16.7. The molecule has 0 radical (unpaired) electrons. The van der Waals surface area contributed by atoms with Gasteiger partial charge in [-0.2, -0.15) is 0 Å². The molecule has 0 aliphatic carbocycles. The second kappa shape index (κ2) is 9.97. The van der Waals surface area contributed by atoms with Crippen molar-refractivity contribution in [3.05, 3.63) is 83.4 Å². The van der Waals surface area contributed by atoms with Gasteiger partial charge in [0, 0.05) is 12.1 Å². The molecule has 0 saturated carbocycles. The van der Waals surface area contributed by atoms with Gasteiger partial charge in [-0.1, -0.05) is 35.9 Å². The van der Waals surface area contributed by atoms with Gasteiger partial charge >= 0.3 is 5.97 Å². The Kier molecular flexibility index (Phi) is 7.00. The largest absolute Gasteiger partial charge is 0.475 e. The van der Waals surface area contributed by atoms with Crippen molar-refractivity contribution in [1.29, 1.82) is 0 Å². The molecule has 0 spiro atoms.